The number of fused-ring (bicyclic) bond motifs is 1. The summed E-state index contributed by atoms with van der Waals surface area (Å²) >= 11 is 0. The number of hydrogen-bond acceptors (Lipinski definition) is 4. The Kier molecular flexibility index (Phi) is 6.18. The third-order valence-electron chi connectivity index (χ3n) is 7.84. The van der Waals surface area contributed by atoms with Crippen LogP contribution < -0.4 is 0 Å². The standard InChI is InChI=1S/C27H34N2O3/c30-25(23-12-11-21-9-4-5-10-22(21)26(23)31)16-20-15-24(27(32)28-13-6-14-28)29(18-20)17-19-7-2-1-3-8-19/h4-5,9-12,19-20,24,31H,1-3,6-8,13-18H2/t20-,24+/m1/s1. The predicted octanol–water partition coefficient (Wildman–Crippen LogP) is 4.62. The van der Waals surface area contributed by atoms with E-state index >= 15 is 0 Å². The van der Waals surface area contributed by atoms with Crippen LogP contribution in [0.3, 0.4) is 0 Å². The summed E-state index contributed by atoms with van der Waals surface area (Å²) in [5.41, 5.74) is 0.403. The number of ketones is 1. The molecule has 5 rings (SSSR count). The molecule has 2 atom stereocenters. The summed E-state index contributed by atoms with van der Waals surface area (Å²) in [7, 11) is 0. The molecule has 1 amide bonds. The van der Waals surface area contributed by atoms with Crippen LogP contribution in [0, 0.1) is 11.8 Å². The number of phenolic OH excluding ortho intramolecular Hbond substituents is 1. The molecule has 2 aliphatic heterocycles. The number of aromatic hydroxyl groups is 1. The smallest absolute Gasteiger partial charge is 0.239 e. The molecule has 0 spiro atoms. The highest BCUT2D eigenvalue weighted by atomic mass is 16.3. The lowest BCUT2D eigenvalue weighted by Gasteiger charge is -2.37. The molecule has 0 unspecified atom stereocenters. The molecule has 2 saturated heterocycles. The van der Waals surface area contributed by atoms with Gasteiger partial charge in [-0.1, -0.05) is 49.6 Å². The Labute approximate surface area is 190 Å². The first kappa shape index (κ1) is 21.4. The minimum absolute atomic E-state index is 0.0204. The zero-order chi connectivity index (χ0) is 22.1. The Balaban J connectivity index is 1.30. The monoisotopic (exact) mass is 434 g/mol. The van der Waals surface area contributed by atoms with Crippen LogP contribution >= 0.6 is 0 Å². The quantitative estimate of drug-likeness (QED) is 0.674. The van der Waals surface area contributed by atoms with Crippen molar-refractivity contribution < 1.29 is 14.7 Å². The van der Waals surface area contributed by atoms with Crippen LogP contribution in [0.25, 0.3) is 10.8 Å². The zero-order valence-electron chi connectivity index (χ0n) is 18.8. The molecule has 170 valence electrons. The van der Waals surface area contributed by atoms with E-state index < -0.39 is 0 Å². The first-order valence-electron chi connectivity index (χ1n) is 12.4. The number of likely N-dealkylation sites (tertiary alicyclic amines) is 2. The molecule has 1 N–H and O–H groups in total. The molecule has 1 aliphatic carbocycles. The van der Waals surface area contributed by atoms with E-state index in [1.165, 1.54) is 32.1 Å². The Hall–Kier alpha value is -2.40. The molecule has 0 radical (unpaired) electrons. The lowest BCUT2D eigenvalue weighted by atomic mass is 9.89. The van der Waals surface area contributed by atoms with Gasteiger partial charge in [-0.2, -0.15) is 0 Å². The molecule has 0 aromatic heterocycles. The zero-order valence-corrected chi connectivity index (χ0v) is 18.8. The van der Waals surface area contributed by atoms with Crippen LogP contribution in [0.1, 0.15) is 61.7 Å². The lowest BCUT2D eigenvalue weighted by Crippen LogP contribution is -2.51. The minimum atomic E-state index is -0.0831. The summed E-state index contributed by atoms with van der Waals surface area (Å²) in [5.74, 6) is 1.16. The van der Waals surface area contributed by atoms with Gasteiger partial charge < -0.3 is 10.0 Å². The van der Waals surface area contributed by atoms with Crippen molar-refractivity contribution in [3.63, 3.8) is 0 Å². The maximum Gasteiger partial charge on any atom is 0.239 e. The number of phenols is 1. The van der Waals surface area contributed by atoms with Gasteiger partial charge in [0.05, 0.1) is 11.6 Å². The Morgan fingerprint density at radius 1 is 0.938 bits per heavy atom. The molecule has 1 saturated carbocycles. The van der Waals surface area contributed by atoms with Gasteiger partial charge in [0.15, 0.2) is 5.78 Å². The van der Waals surface area contributed by atoms with E-state index in [0.29, 0.717) is 17.9 Å². The number of rotatable bonds is 6. The van der Waals surface area contributed by atoms with Gasteiger partial charge in [-0.15, -0.1) is 0 Å². The van der Waals surface area contributed by atoms with E-state index in [-0.39, 0.29) is 29.4 Å². The number of Topliss-reactive ketones (excluding diaryl/α,β-unsaturated/α-hetero) is 1. The van der Waals surface area contributed by atoms with Gasteiger partial charge in [-0.25, -0.2) is 0 Å². The van der Waals surface area contributed by atoms with Crippen molar-refractivity contribution in [2.75, 3.05) is 26.2 Å². The molecule has 3 aliphatic rings. The maximum absolute atomic E-state index is 13.2. The Bertz CT molecular complexity index is 994. The topological polar surface area (TPSA) is 60.9 Å². The van der Waals surface area contributed by atoms with E-state index in [1.807, 2.05) is 35.2 Å². The maximum atomic E-state index is 13.2. The second-order valence-corrected chi connectivity index (χ2v) is 10.1. The van der Waals surface area contributed by atoms with E-state index in [2.05, 4.69) is 4.90 Å². The molecule has 5 heteroatoms. The van der Waals surface area contributed by atoms with Crippen LogP contribution in [0.2, 0.25) is 0 Å². The van der Waals surface area contributed by atoms with Gasteiger partial charge in [-0.3, -0.25) is 14.5 Å². The minimum Gasteiger partial charge on any atom is -0.507 e. The molecule has 3 fully saturated rings. The summed E-state index contributed by atoms with van der Waals surface area (Å²) in [6, 6.07) is 11.2. The molecule has 2 aromatic carbocycles. The third-order valence-corrected chi connectivity index (χ3v) is 7.84. The molecule has 0 bridgehead atoms. The Morgan fingerprint density at radius 2 is 1.72 bits per heavy atom. The largest absolute Gasteiger partial charge is 0.507 e. The van der Waals surface area contributed by atoms with Crippen LogP contribution in [0.4, 0.5) is 0 Å². The first-order valence-corrected chi connectivity index (χ1v) is 12.4. The van der Waals surface area contributed by atoms with Crippen molar-refractivity contribution in [2.24, 2.45) is 11.8 Å². The average Bonchev–Trinajstić information content (AvgIpc) is 3.15. The number of hydrogen-bond donors (Lipinski definition) is 1. The molecular weight excluding hydrogens is 400 g/mol. The van der Waals surface area contributed by atoms with Crippen molar-refractivity contribution in [1.29, 1.82) is 0 Å². The fourth-order valence-electron chi connectivity index (χ4n) is 5.91. The van der Waals surface area contributed by atoms with Gasteiger partial charge in [0.2, 0.25) is 5.91 Å². The predicted molar refractivity (Wildman–Crippen MR) is 126 cm³/mol. The van der Waals surface area contributed by atoms with Gasteiger partial charge in [-0.05, 0) is 49.0 Å². The normalized spacial score (nSPS) is 24.6. The van der Waals surface area contributed by atoms with E-state index in [9.17, 15) is 14.7 Å². The highest BCUT2D eigenvalue weighted by molar-refractivity contribution is 6.04. The summed E-state index contributed by atoms with van der Waals surface area (Å²) in [4.78, 5) is 30.7. The van der Waals surface area contributed by atoms with Crippen molar-refractivity contribution in [2.45, 2.75) is 57.4 Å². The first-order chi connectivity index (χ1) is 15.6. The lowest BCUT2D eigenvalue weighted by molar-refractivity contribution is -0.139. The summed E-state index contributed by atoms with van der Waals surface area (Å²) in [6.07, 6.45) is 8.69. The molecule has 32 heavy (non-hydrogen) atoms. The molecule has 5 nitrogen and oxygen atoms in total. The number of amides is 1. The van der Waals surface area contributed by atoms with E-state index in [1.54, 1.807) is 6.07 Å². The van der Waals surface area contributed by atoms with Crippen LogP contribution in [-0.4, -0.2) is 58.8 Å². The van der Waals surface area contributed by atoms with Gasteiger partial charge in [0, 0.05) is 38.0 Å². The fourth-order valence-corrected chi connectivity index (χ4v) is 5.91. The van der Waals surface area contributed by atoms with E-state index in [0.717, 1.165) is 49.8 Å². The summed E-state index contributed by atoms with van der Waals surface area (Å²) in [6.45, 7) is 3.54. The van der Waals surface area contributed by atoms with Gasteiger partial charge in [0.25, 0.3) is 0 Å². The molecule has 2 aromatic rings. The van der Waals surface area contributed by atoms with Gasteiger partial charge >= 0.3 is 0 Å². The SMILES string of the molecule is O=C(C[C@H]1C[C@@H](C(=O)N2CCC2)N(CC2CCCCC2)C1)c1ccc2ccccc2c1O. The Morgan fingerprint density at radius 3 is 2.47 bits per heavy atom. The number of carbonyl (C=O) groups excluding carboxylic acids is 2. The van der Waals surface area contributed by atoms with Crippen molar-refractivity contribution >= 4 is 22.5 Å². The summed E-state index contributed by atoms with van der Waals surface area (Å²) < 4.78 is 0. The van der Waals surface area contributed by atoms with Crippen LogP contribution in [-0.2, 0) is 4.79 Å². The highest BCUT2D eigenvalue weighted by Gasteiger charge is 2.41. The number of nitrogens with zero attached hydrogens (tertiary/aromatic N) is 2. The average molecular weight is 435 g/mol. The number of benzene rings is 2. The van der Waals surface area contributed by atoms with E-state index in [4.69, 9.17) is 0 Å². The van der Waals surface area contributed by atoms with Crippen LogP contribution in [0.15, 0.2) is 36.4 Å². The fraction of sp³-hybridized carbons (Fsp3) is 0.556. The number of carbonyl (C=O) groups is 2. The molecule has 2 heterocycles. The van der Waals surface area contributed by atoms with Crippen molar-refractivity contribution in [3.8, 4) is 5.75 Å². The highest BCUT2D eigenvalue weighted by Crippen LogP contribution is 2.35. The third kappa shape index (κ3) is 4.27. The second kappa shape index (κ2) is 9.22. The van der Waals surface area contributed by atoms with Crippen LogP contribution in [0.5, 0.6) is 5.75 Å². The van der Waals surface area contributed by atoms with Gasteiger partial charge in [0.1, 0.15) is 5.75 Å². The molecular formula is C27H34N2O3. The van der Waals surface area contributed by atoms with Crippen molar-refractivity contribution in [1.82, 2.24) is 9.80 Å². The second-order valence-electron chi connectivity index (χ2n) is 10.1. The summed E-state index contributed by atoms with van der Waals surface area (Å²) in [5, 5.41) is 12.4. The van der Waals surface area contributed by atoms with Crippen molar-refractivity contribution in [3.05, 3.63) is 42.0 Å².